The van der Waals surface area contributed by atoms with E-state index in [2.05, 4.69) is 0 Å². The number of carboxylic acids is 1. The van der Waals surface area contributed by atoms with E-state index in [9.17, 15) is 13.6 Å². The maximum atomic E-state index is 12.8. The Balaban J connectivity index is 3.03. The summed E-state index contributed by atoms with van der Waals surface area (Å²) in [7, 11) is 0. The first-order valence-corrected chi connectivity index (χ1v) is 3.72. The summed E-state index contributed by atoms with van der Waals surface area (Å²) >= 11 is 5.33. The van der Waals surface area contributed by atoms with Crippen molar-refractivity contribution in [3.8, 4) is 0 Å². The number of alkyl halides is 1. The number of hydrogen-bond acceptors (Lipinski definition) is 1. The summed E-state index contributed by atoms with van der Waals surface area (Å²) < 4.78 is 25.4. The van der Waals surface area contributed by atoms with Gasteiger partial charge in [-0.3, -0.25) is 0 Å². The number of carbonyl (C=O) groups is 1. The van der Waals surface area contributed by atoms with Crippen LogP contribution >= 0.6 is 11.6 Å². The first kappa shape index (κ1) is 9.92. The first-order valence-electron chi connectivity index (χ1n) is 3.34. The number of halogens is 3. The Labute approximate surface area is 77.8 Å². The molecule has 2 nitrogen and oxygen atoms in total. The second-order valence-corrected chi connectivity index (χ2v) is 2.78. The van der Waals surface area contributed by atoms with Crippen molar-refractivity contribution in [2.24, 2.45) is 0 Å². The van der Waals surface area contributed by atoms with Crippen molar-refractivity contribution in [2.75, 3.05) is 0 Å². The molecule has 0 aliphatic carbocycles. The van der Waals surface area contributed by atoms with Gasteiger partial charge in [-0.15, -0.1) is 0 Å². The van der Waals surface area contributed by atoms with Gasteiger partial charge in [0.15, 0.2) is 0 Å². The molecule has 0 heterocycles. The van der Waals surface area contributed by atoms with E-state index in [1.165, 1.54) is 0 Å². The Bertz CT molecular complexity index is 341. The van der Waals surface area contributed by atoms with Crippen molar-refractivity contribution in [1.29, 1.82) is 0 Å². The van der Waals surface area contributed by atoms with Crippen molar-refractivity contribution in [2.45, 2.75) is 6.17 Å². The second-order valence-electron chi connectivity index (χ2n) is 2.37. The van der Waals surface area contributed by atoms with Crippen molar-refractivity contribution in [3.63, 3.8) is 0 Å². The first-order chi connectivity index (χ1) is 6.02. The molecule has 1 N–H and O–H groups in total. The highest BCUT2D eigenvalue weighted by molar-refractivity contribution is 6.30. The summed E-state index contributed by atoms with van der Waals surface area (Å²) in [5.74, 6) is -2.33. The molecule has 0 amide bonds. The Morgan fingerprint density at radius 3 is 2.62 bits per heavy atom. The molecule has 1 aromatic rings. The molecule has 1 rings (SSSR count). The fraction of sp³-hybridized carbons (Fsp3) is 0.125. The topological polar surface area (TPSA) is 37.3 Å². The minimum atomic E-state index is -2.17. The summed E-state index contributed by atoms with van der Waals surface area (Å²) in [6, 6.07) is 2.92. The van der Waals surface area contributed by atoms with Crippen molar-refractivity contribution in [3.05, 3.63) is 34.6 Å². The lowest BCUT2D eigenvalue weighted by Crippen LogP contribution is -2.05. The summed E-state index contributed by atoms with van der Waals surface area (Å²) in [6.07, 6.45) is -2.17. The van der Waals surface area contributed by atoms with Gasteiger partial charge in [0, 0.05) is 0 Å². The molecule has 1 unspecified atom stereocenters. The molecule has 1 atom stereocenters. The molecule has 0 aliphatic rings. The minimum absolute atomic E-state index is 0.168. The van der Waals surface area contributed by atoms with E-state index in [0.717, 1.165) is 18.2 Å². The van der Waals surface area contributed by atoms with Gasteiger partial charge >= 0.3 is 5.97 Å². The number of carboxylic acid groups (broad SMARTS) is 1. The highest BCUT2D eigenvalue weighted by Gasteiger charge is 2.19. The van der Waals surface area contributed by atoms with Gasteiger partial charge < -0.3 is 5.11 Å². The van der Waals surface area contributed by atoms with Crippen LogP contribution < -0.4 is 0 Å². The lowest BCUT2D eigenvalue weighted by molar-refractivity contribution is -0.143. The molecule has 13 heavy (non-hydrogen) atoms. The van der Waals surface area contributed by atoms with Crippen LogP contribution in [0.15, 0.2) is 18.2 Å². The van der Waals surface area contributed by atoms with E-state index < -0.39 is 18.0 Å². The second kappa shape index (κ2) is 3.70. The summed E-state index contributed by atoms with van der Waals surface area (Å²) in [4.78, 5) is 10.2. The van der Waals surface area contributed by atoms with Gasteiger partial charge in [0.05, 0.1) is 5.02 Å². The van der Waals surface area contributed by atoms with Crippen LogP contribution in [-0.2, 0) is 4.79 Å². The third-order valence-corrected chi connectivity index (χ3v) is 1.74. The predicted octanol–water partition coefficient (Wildman–Crippen LogP) is 2.57. The molecule has 70 valence electrons. The van der Waals surface area contributed by atoms with Gasteiger partial charge in [-0.05, 0) is 17.7 Å². The molecule has 0 aliphatic heterocycles. The van der Waals surface area contributed by atoms with Crippen LogP contribution in [0.5, 0.6) is 0 Å². The number of benzene rings is 1. The van der Waals surface area contributed by atoms with E-state index in [1.807, 2.05) is 0 Å². The average Bonchev–Trinajstić information content (AvgIpc) is 2.08. The van der Waals surface area contributed by atoms with Crippen LogP contribution in [-0.4, -0.2) is 11.1 Å². The Morgan fingerprint density at radius 2 is 2.15 bits per heavy atom. The summed E-state index contributed by atoms with van der Waals surface area (Å²) in [5.41, 5.74) is -0.168. The number of rotatable bonds is 2. The van der Waals surface area contributed by atoms with Crippen molar-refractivity contribution >= 4 is 17.6 Å². The van der Waals surface area contributed by atoms with E-state index in [1.54, 1.807) is 0 Å². The molecule has 0 fully saturated rings. The van der Waals surface area contributed by atoms with E-state index in [0.29, 0.717) is 0 Å². The normalized spacial score (nSPS) is 12.5. The zero-order valence-corrected chi connectivity index (χ0v) is 7.05. The van der Waals surface area contributed by atoms with Gasteiger partial charge in [0.1, 0.15) is 5.82 Å². The molecule has 0 spiro atoms. The molecule has 0 bridgehead atoms. The van der Waals surface area contributed by atoms with Crippen LogP contribution in [0.2, 0.25) is 5.02 Å². The third kappa shape index (κ3) is 2.15. The zero-order valence-electron chi connectivity index (χ0n) is 6.30. The number of aliphatic carboxylic acids is 1. The zero-order chi connectivity index (χ0) is 10.0. The fourth-order valence-corrected chi connectivity index (χ4v) is 1.00. The molecular weight excluding hydrogens is 202 g/mol. The standard InChI is InChI=1S/C8H5ClF2O2/c9-5-3-4(1-2-6(5)10)7(11)8(12)13/h1-3,7H,(H,12,13). The van der Waals surface area contributed by atoms with Gasteiger partial charge in [-0.2, -0.15) is 0 Å². The van der Waals surface area contributed by atoms with Crippen LogP contribution in [0.3, 0.4) is 0 Å². The van der Waals surface area contributed by atoms with Gasteiger partial charge in [-0.25, -0.2) is 13.6 Å². The quantitative estimate of drug-likeness (QED) is 0.808. The van der Waals surface area contributed by atoms with Crippen molar-refractivity contribution in [1.82, 2.24) is 0 Å². The Morgan fingerprint density at radius 1 is 1.54 bits per heavy atom. The molecule has 5 heteroatoms. The Hall–Kier alpha value is -1.16. The molecule has 0 saturated carbocycles. The lowest BCUT2D eigenvalue weighted by Gasteiger charge is -2.03. The smallest absolute Gasteiger partial charge is 0.343 e. The number of hydrogen-bond donors (Lipinski definition) is 1. The van der Waals surface area contributed by atoms with E-state index in [4.69, 9.17) is 16.7 Å². The minimum Gasteiger partial charge on any atom is -0.479 e. The van der Waals surface area contributed by atoms with E-state index in [-0.39, 0.29) is 10.6 Å². The van der Waals surface area contributed by atoms with Gasteiger partial charge in [0.25, 0.3) is 0 Å². The summed E-state index contributed by atoms with van der Waals surface area (Å²) in [5, 5.41) is 7.99. The van der Waals surface area contributed by atoms with Gasteiger partial charge in [0.2, 0.25) is 6.17 Å². The van der Waals surface area contributed by atoms with Crippen LogP contribution in [0.25, 0.3) is 0 Å². The Kier molecular flexibility index (Phi) is 2.83. The monoisotopic (exact) mass is 206 g/mol. The van der Waals surface area contributed by atoms with Crippen LogP contribution in [0, 0.1) is 5.82 Å². The lowest BCUT2D eigenvalue weighted by atomic mass is 10.1. The highest BCUT2D eigenvalue weighted by Crippen LogP contribution is 2.23. The van der Waals surface area contributed by atoms with Crippen LogP contribution in [0.1, 0.15) is 11.7 Å². The maximum absolute atomic E-state index is 12.8. The molecule has 0 radical (unpaired) electrons. The summed E-state index contributed by atoms with van der Waals surface area (Å²) in [6.45, 7) is 0. The van der Waals surface area contributed by atoms with E-state index >= 15 is 0 Å². The SMILES string of the molecule is O=C(O)C(F)c1ccc(F)c(Cl)c1. The highest BCUT2D eigenvalue weighted by atomic mass is 35.5. The fourth-order valence-electron chi connectivity index (χ4n) is 0.813. The predicted molar refractivity (Wildman–Crippen MR) is 42.9 cm³/mol. The molecule has 0 saturated heterocycles. The average molecular weight is 207 g/mol. The van der Waals surface area contributed by atoms with Crippen molar-refractivity contribution < 1.29 is 18.7 Å². The van der Waals surface area contributed by atoms with Gasteiger partial charge in [-0.1, -0.05) is 17.7 Å². The molecule has 0 aromatic heterocycles. The molecular formula is C8H5ClF2O2. The maximum Gasteiger partial charge on any atom is 0.343 e. The third-order valence-electron chi connectivity index (χ3n) is 1.45. The molecule has 1 aromatic carbocycles. The van der Waals surface area contributed by atoms with Crippen LogP contribution in [0.4, 0.5) is 8.78 Å². The largest absolute Gasteiger partial charge is 0.479 e.